The van der Waals surface area contributed by atoms with E-state index in [1.165, 1.54) is 11.3 Å². The molecule has 1 N–H and O–H groups in total. The van der Waals surface area contributed by atoms with Gasteiger partial charge < -0.3 is 4.74 Å². The molecule has 5 nitrogen and oxygen atoms in total. The summed E-state index contributed by atoms with van der Waals surface area (Å²) < 4.78 is 5.94. The lowest BCUT2D eigenvalue weighted by Gasteiger charge is -2.18. The van der Waals surface area contributed by atoms with Crippen LogP contribution in [0.4, 0.5) is 5.13 Å². The molecular weight excluding hydrogens is 382 g/mol. The van der Waals surface area contributed by atoms with Crippen molar-refractivity contribution in [2.75, 3.05) is 5.32 Å². The fraction of sp³-hybridized carbons (Fsp3) is 0.250. The van der Waals surface area contributed by atoms with E-state index in [2.05, 4.69) is 15.5 Å². The van der Waals surface area contributed by atoms with E-state index < -0.39 is 6.10 Å². The summed E-state index contributed by atoms with van der Waals surface area (Å²) in [7, 11) is 0. The van der Waals surface area contributed by atoms with Crippen molar-refractivity contribution in [3.05, 3.63) is 58.6 Å². The predicted octanol–water partition coefficient (Wildman–Crippen LogP) is 5.27. The summed E-state index contributed by atoms with van der Waals surface area (Å²) in [6, 6.07) is 13.1. The average molecular weight is 402 g/mol. The fourth-order valence-corrected chi connectivity index (χ4v) is 3.37. The van der Waals surface area contributed by atoms with E-state index in [4.69, 9.17) is 16.3 Å². The van der Waals surface area contributed by atoms with E-state index in [9.17, 15) is 4.79 Å². The van der Waals surface area contributed by atoms with Crippen LogP contribution in [-0.4, -0.2) is 22.2 Å². The summed E-state index contributed by atoms with van der Waals surface area (Å²) in [4.78, 5) is 12.6. The zero-order valence-corrected chi connectivity index (χ0v) is 16.9. The van der Waals surface area contributed by atoms with E-state index in [0.717, 1.165) is 22.4 Å². The van der Waals surface area contributed by atoms with Crippen LogP contribution in [0.2, 0.25) is 5.02 Å². The van der Waals surface area contributed by atoms with Gasteiger partial charge in [0.15, 0.2) is 6.10 Å². The number of ether oxygens (including phenoxy) is 1. The maximum Gasteiger partial charge on any atom is 0.267 e. The number of carbonyl (C=O) groups excluding carboxylic acids is 1. The Labute approximate surface area is 167 Å². The average Bonchev–Trinajstić information content (AvgIpc) is 3.12. The van der Waals surface area contributed by atoms with Gasteiger partial charge in [-0.1, -0.05) is 54.1 Å². The van der Waals surface area contributed by atoms with Crippen LogP contribution in [0.5, 0.6) is 5.75 Å². The lowest BCUT2D eigenvalue weighted by Crippen LogP contribution is -2.32. The molecule has 0 radical (unpaired) electrons. The highest BCUT2D eigenvalue weighted by Crippen LogP contribution is 2.28. The molecule has 0 unspecified atom stereocenters. The Morgan fingerprint density at radius 2 is 1.93 bits per heavy atom. The van der Waals surface area contributed by atoms with E-state index in [0.29, 0.717) is 21.6 Å². The minimum atomic E-state index is -0.603. The number of anilines is 1. The summed E-state index contributed by atoms with van der Waals surface area (Å²) >= 11 is 7.21. The largest absolute Gasteiger partial charge is 0.480 e. The fourth-order valence-electron chi connectivity index (χ4n) is 2.50. The normalized spacial score (nSPS) is 11.9. The topological polar surface area (TPSA) is 64.1 Å². The summed E-state index contributed by atoms with van der Waals surface area (Å²) in [5.74, 6) is 0.480. The molecule has 140 valence electrons. The first-order valence-corrected chi connectivity index (χ1v) is 9.80. The molecule has 3 aromatic rings. The minimum absolute atomic E-state index is 0.239. The van der Waals surface area contributed by atoms with Crippen molar-refractivity contribution in [2.45, 2.75) is 33.3 Å². The molecule has 1 aromatic heterocycles. The first kappa shape index (κ1) is 19.3. The molecule has 0 spiro atoms. The van der Waals surface area contributed by atoms with Crippen molar-refractivity contribution in [1.82, 2.24) is 10.2 Å². The molecule has 27 heavy (non-hydrogen) atoms. The van der Waals surface area contributed by atoms with Crippen LogP contribution in [0.1, 0.15) is 24.5 Å². The monoisotopic (exact) mass is 401 g/mol. The second-order valence-corrected chi connectivity index (χ2v) is 7.54. The Hall–Kier alpha value is -2.44. The Morgan fingerprint density at radius 3 is 2.63 bits per heavy atom. The molecule has 1 heterocycles. The summed E-state index contributed by atoms with van der Waals surface area (Å²) in [6.45, 7) is 5.91. The smallest absolute Gasteiger partial charge is 0.267 e. The summed E-state index contributed by atoms with van der Waals surface area (Å²) in [5.41, 5.74) is 3.06. The maximum atomic E-state index is 12.6. The van der Waals surface area contributed by atoms with Crippen molar-refractivity contribution in [3.63, 3.8) is 0 Å². The van der Waals surface area contributed by atoms with Crippen LogP contribution >= 0.6 is 22.9 Å². The van der Waals surface area contributed by atoms with Gasteiger partial charge in [-0.15, -0.1) is 10.2 Å². The maximum absolute atomic E-state index is 12.6. The summed E-state index contributed by atoms with van der Waals surface area (Å²) in [6.07, 6.45) is -0.0596. The zero-order chi connectivity index (χ0) is 19.4. The molecule has 1 amide bonds. The quantitative estimate of drug-likeness (QED) is 0.611. The summed E-state index contributed by atoms with van der Waals surface area (Å²) in [5, 5.41) is 12.8. The Bertz CT molecular complexity index is 941. The number of halogens is 1. The second kappa shape index (κ2) is 8.50. The van der Waals surface area contributed by atoms with Crippen molar-refractivity contribution in [1.29, 1.82) is 0 Å². The van der Waals surface area contributed by atoms with Gasteiger partial charge in [0, 0.05) is 10.6 Å². The molecule has 0 saturated heterocycles. The number of hydrogen-bond acceptors (Lipinski definition) is 5. The highest BCUT2D eigenvalue weighted by atomic mass is 35.5. The van der Waals surface area contributed by atoms with E-state index in [1.807, 2.05) is 51.1 Å². The highest BCUT2D eigenvalue weighted by Gasteiger charge is 2.21. The molecule has 0 aliphatic rings. The molecule has 3 rings (SSSR count). The third-order valence-corrected chi connectivity index (χ3v) is 5.37. The Kier molecular flexibility index (Phi) is 6.08. The van der Waals surface area contributed by atoms with Gasteiger partial charge >= 0.3 is 0 Å². The Balaban J connectivity index is 1.70. The van der Waals surface area contributed by atoms with Crippen molar-refractivity contribution < 1.29 is 9.53 Å². The van der Waals surface area contributed by atoms with Crippen LogP contribution in [-0.2, 0) is 4.79 Å². The Morgan fingerprint density at radius 1 is 1.19 bits per heavy atom. The highest BCUT2D eigenvalue weighted by molar-refractivity contribution is 7.18. The number of nitrogens with zero attached hydrogens (tertiary/aromatic N) is 2. The SMILES string of the molecule is CC[C@H](Oc1cccc(C)c1C)C(=O)Nc1nnc(-c2ccc(Cl)cc2)s1. The van der Waals surface area contributed by atoms with Gasteiger partial charge in [-0.3, -0.25) is 10.1 Å². The molecule has 7 heteroatoms. The molecule has 0 aliphatic carbocycles. The van der Waals surface area contributed by atoms with E-state index in [1.54, 1.807) is 12.1 Å². The lowest BCUT2D eigenvalue weighted by atomic mass is 10.1. The van der Waals surface area contributed by atoms with Crippen LogP contribution in [0, 0.1) is 13.8 Å². The number of aryl methyl sites for hydroxylation is 1. The molecule has 1 atom stereocenters. The van der Waals surface area contributed by atoms with E-state index in [-0.39, 0.29) is 5.91 Å². The molecule has 0 bridgehead atoms. The number of rotatable bonds is 6. The first-order chi connectivity index (χ1) is 13.0. The van der Waals surface area contributed by atoms with Crippen LogP contribution in [0.25, 0.3) is 10.6 Å². The number of amides is 1. The second-order valence-electron chi connectivity index (χ2n) is 6.12. The lowest BCUT2D eigenvalue weighted by molar-refractivity contribution is -0.122. The standard InChI is InChI=1S/C20H20ClN3O2S/c1-4-16(26-17-7-5-6-12(2)13(17)3)18(25)22-20-24-23-19(27-20)14-8-10-15(21)11-9-14/h5-11,16H,4H2,1-3H3,(H,22,24,25)/t16-/m0/s1. The van der Waals surface area contributed by atoms with Gasteiger partial charge in [-0.2, -0.15) is 0 Å². The zero-order valence-electron chi connectivity index (χ0n) is 15.3. The number of hydrogen-bond donors (Lipinski definition) is 1. The third kappa shape index (κ3) is 4.64. The van der Waals surface area contributed by atoms with Gasteiger partial charge in [0.1, 0.15) is 10.8 Å². The van der Waals surface area contributed by atoms with Crippen LogP contribution < -0.4 is 10.1 Å². The van der Waals surface area contributed by atoms with Gasteiger partial charge in [0.05, 0.1) is 0 Å². The predicted molar refractivity (Wildman–Crippen MR) is 110 cm³/mol. The van der Waals surface area contributed by atoms with Gasteiger partial charge in [-0.25, -0.2) is 0 Å². The molecule has 0 fully saturated rings. The van der Waals surface area contributed by atoms with Crippen LogP contribution in [0.3, 0.4) is 0 Å². The molecule has 2 aromatic carbocycles. The van der Waals surface area contributed by atoms with Gasteiger partial charge in [0.25, 0.3) is 5.91 Å². The number of carbonyl (C=O) groups is 1. The molecule has 0 saturated carbocycles. The number of nitrogens with one attached hydrogen (secondary N) is 1. The third-order valence-electron chi connectivity index (χ3n) is 4.23. The van der Waals surface area contributed by atoms with Crippen LogP contribution in [0.15, 0.2) is 42.5 Å². The van der Waals surface area contributed by atoms with E-state index >= 15 is 0 Å². The number of aromatic nitrogens is 2. The minimum Gasteiger partial charge on any atom is -0.480 e. The van der Waals surface area contributed by atoms with Crippen molar-refractivity contribution >= 4 is 34.0 Å². The first-order valence-electron chi connectivity index (χ1n) is 8.61. The molecule has 0 aliphatic heterocycles. The van der Waals surface area contributed by atoms with Gasteiger partial charge in [0.2, 0.25) is 5.13 Å². The molecular formula is C20H20ClN3O2S. The van der Waals surface area contributed by atoms with Gasteiger partial charge in [-0.05, 0) is 49.6 Å². The van der Waals surface area contributed by atoms with Crippen molar-refractivity contribution in [3.8, 4) is 16.3 Å². The number of benzene rings is 2. The van der Waals surface area contributed by atoms with Crippen molar-refractivity contribution in [2.24, 2.45) is 0 Å².